The molecule has 5 nitrogen and oxygen atoms in total. The largest absolute Gasteiger partial charge is 0.490 e. The number of benzene rings is 2. The van der Waals surface area contributed by atoms with Crippen LogP contribution in [0.2, 0.25) is 0 Å². The van der Waals surface area contributed by atoms with Crippen LogP contribution < -0.4 is 9.47 Å². The Morgan fingerprint density at radius 1 is 1.07 bits per heavy atom. The smallest absolute Gasteiger partial charge is 0.346 e. The summed E-state index contributed by atoms with van der Waals surface area (Å²) >= 11 is 0. The highest BCUT2D eigenvalue weighted by molar-refractivity contribution is 5.96. The van der Waals surface area contributed by atoms with Gasteiger partial charge in [0.2, 0.25) is 0 Å². The highest BCUT2D eigenvalue weighted by Crippen LogP contribution is 2.30. The minimum absolute atomic E-state index is 0.000962. The molecule has 0 amide bonds. The number of aliphatic carboxylic acids is 1. The molecule has 0 atom stereocenters. The number of nitriles is 1. The summed E-state index contributed by atoms with van der Waals surface area (Å²) in [5, 5.41) is 17.6. The summed E-state index contributed by atoms with van der Waals surface area (Å²) in [4.78, 5) is 10.8. The maximum absolute atomic E-state index is 10.8. The standard InChI is InChI=1S/C22H23NO4/c1-22(2,3)19-6-4-5-7-20(19)27-13-12-26-18-10-8-16(9-11-18)14-17(15-23)21(24)25/h4-11,14H,12-13H2,1-3H3,(H,24,25). The van der Waals surface area contributed by atoms with Gasteiger partial charge in [0.05, 0.1) is 0 Å². The van der Waals surface area contributed by atoms with Gasteiger partial charge in [-0.3, -0.25) is 0 Å². The van der Waals surface area contributed by atoms with Gasteiger partial charge in [-0.15, -0.1) is 0 Å². The molecule has 5 heteroatoms. The first kappa shape index (κ1) is 20.1. The van der Waals surface area contributed by atoms with Crippen molar-refractivity contribution >= 4 is 12.0 Å². The molecule has 0 aliphatic carbocycles. The summed E-state index contributed by atoms with van der Waals surface area (Å²) in [5.41, 5.74) is 1.46. The number of carbonyl (C=O) groups is 1. The van der Waals surface area contributed by atoms with Crippen molar-refractivity contribution in [3.05, 3.63) is 65.2 Å². The average Bonchev–Trinajstić information content (AvgIpc) is 2.63. The van der Waals surface area contributed by atoms with Crippen molar-refractivity contribution in [1.29, 1.82) is 5.26 Å². The number of carboxylic acid groups (broad SMARTS) is 1. The SMILES string of the molecule is CC(C)(C)c1ccccc1OCCOc1ccc(C=C(C#N)C(=O)O)cc1. The molecule has 0 heterocycles. The van der Waals surface area contributed by atoms with Crippen molar-refractivity contribution < 1.29 is 19.4 Å². The molecular formula is C22H23NO4. The van der Waals surface area contributed by atoms with Gasteiger partial charge in [0.25, 0.3) is 0 Å². The zero-order valence-corrected chi connectivity index (χ0v) is 15.7. The molecule has 0 aliphatic rings. The van der Waals surface area contributed by atoms with E-state index in [-0.39, 0.29) is 11.0 Å². The number of rotatable bonds is 7. The van der Waals surface area contributed by atoms with Gasteiger partial charge in [-0.2, -0.15) is 5.26 Å². The number of hydrogen-bond acceptors (Lipinski definition) is 4. The van der Waals surface area contributed by atoms with Crippen molar-refractivity contribution in [3.8, 4) is 17.6 Å². The molecule has 0 fully saturated rings. The summed E-state index contributed by atoms with van der Waals surface area (Å²) < 4.78 is 11.5. The molecule has 2 rings (SSSR count). The molecule has 27 heavy (non-hydrogen) atoms. The summed E-state index contributed by atoms with van der Waals surface area (Å²) in [6.07, 6.45) is 1.32. The molecule has 2 aromatic rings. The Balaban J connectivity index is 1.90. The van der Waals surface area contributed by atoms with Crippen LogP contribution >= 0.6 is 0 Å². The summed E-state index contributed by atoms with van der Waals surface area (Å²) in [7, 11) is 0. The van der Waals surface area contributed by atoms with Crippen molar-refractivity contribution in [2.75, 3.05) is 13.2 Å². The minimum atomic E-state index is -1.24. The predicted octanol–water partition coefficient (Wildman–Crippen LogP) is 4.43. The lowest BCUT2D eigenvalue weighted by molar-refractivity contribution is -0.132. The number of nitrogens with zero attached hydrogens (tertiary/aromatic N) is 1. The molecule has 2 aromatic carbocycles. The molecule has 1 N–H and O–H groups in total. The lowest BCUT2D eigenvalue weighted by Gasteiger charge is -2.22. The van der Waals surface area contributed by atoms with Crippen LogP contribution in [-0.4, -0.2) is 24.3 Å². The fraction of sp³-hybridized carbons (Fsp3) is 0.273. The van der Waals surface area contributed by atoms with E-state index >= 15 is 0 Å². The minimum Gasteiger partial charge on any atom is -0.490 e. The Morgan fingerprint density at radius 2 is 1.70 bits per heavy atom. The van der Waals surface area contributed by atoms with E-state index in [1.807, 2.05) is 18.2 Å². The zero-order valence-electron chi connectivity index (χ0n) is 15.7. The van der Waals surface area contributed by atoms with Crippen molar-refractivity contribution in [2.45, 2.75) is 26.2 Å². The van der Waals surface area contributed by atoms with Gasteiger partial charge in [-0.1, -0.05) is 51.1 Å². The normalized spacial score (nSPS) is 11.6. The van der Waals surface area contributed by atoms with Crippen LogP contribution in [0.3, 0.4) is 0 Å². The van der Waals surface area contributed by atoms with Gasteiger partial charge < -0.3 is 14.6 Å². The van der Waals surface area contributed by atoms with E-state index in [9.17, 15) is 4.79 Å². The first-order chi connectivity index (χ1) is 12.8. The van der Waals surface area contributed by atoms with E-state index in [4.69, 9.17) is 19.8 Å². The van der Waals surface area contributed by atoms with Crippen LogP contribution in [0.15, 0.2) is 54.1 Å². The second-order valence-electron chi connectivity index (χ2n) is 6.99. The molecule has 0 saturated carbocycles. The third kappa shape index (κ3) is 5.89. The fourth-order valence-corrected chi connectivity index (χ4v) is 2.49. The Labute approximate surface area is 159 Å². The Bertz CT molecular complexity index is 855. The maximum atomic E-state index is 10.8. The topological polar surface area (TPSA) is 79.5 Å². The van der Waals surface area contributed by atoms with Crippen LogP contribution in [0.25, 0.3) is 6.08 Å². The van der Waals surface area contributed by atoms with Gasteiger partial charge in [0.1, 0.15) is 36.4 Å². The number of ether oxygens (including phenoxy) is 2. The van der Waals surface area contributed by atoms with Crippen LogP contribution in [-0.2, 0) is 10.2 Å². The molecule has 0 radical (unpaired) electrons. The molecule has 0 aromatic heterocycles. The van der Waals surface area contributed by atoms with Gasteiger partial charge in [0.15, 0.2) is 0 Å². The maximum Gasteiger partial charge on any atom is 0.346 e. The predicted molar refractivity (Wildman–Crippen MR) is 104 cm³/mol. The third-order valence-corrected chi connectivity index (χ3v) is 3.85. The number of para-hydroxylation sites is 1. The Morgan fingerprint density at radius 3 is 2.30 bits per heavy atom. The lowest BCUT2D eigenvalue weighted by Crippen LogP contribution is -2.15. The molecular weight excluding hydrogens is 342 g/mol. The van der Waals surface area contributed by atoms with Crippen LogP contribution in [0, 0.1) is 11.3 Å². The van der Waals surface area contributed by atoms with Crippen LogP contribution in [0.4, 0.5) is 0 Å². The van der Waals surface area contributed by atoms with Crippen LogP contribution in [0.1, 0.15) is 31.9 Å². The summed E-state index contributed by atoms with van der Waals surface area (Å²) in [6, 6.07) is 16.5. The van der Waals surface area contributed by atoms with E-state index in [1.54, 1.807) is 30.3 Å². The number of hydrogen-bond donors (Lipinski definition) is 1. The molecule has 140 valence electrons. The van der Waals surface area contributed by atoms with E-state index < -0.39 is 5.97 Å². The summed E-state index contributed by atoms with van der Waals surface area (Å²) in [5.74, 6) is 0.256. The van der Waals surface area contributed by atoms with E-state index in [0.717, 1.165) is 11.3 Å². The van der Waals surface area contributed by atoms with Crippen molar-refractivity contribution in [1.82, 2.24) is 0 Å². The second-order valence-corrected chi connectivity index (χ2v) is 6.99. The number of carboxylic acids is 1. The van der Waals surface area contributed by atoms with Gasteiger partial charge in [-0.25, -0.2) is 4.79 Å². The third-order valence-electron chi connectivity index (χ3n) is 3.85. The van der Waals surface area contributed by atoms with Gasteiger partial charge >= 0.3 is 5.97 Å². The zero-order chi connectivity index (χ0) is 19.9. The lowest BCUT2D eigenvalue weighted by atomic mass is 9.86. The Kier molecular flexibility index (Phi) is 6.62. The highest BCUT2D eigenvalue weighted by Gasteiger charge is 2.18. The first-order valence-corrected chi connectivity index (χ1v) is 8.61. The molecule has 0 spiro atoms. The van der Waals surface area contributed by atoms with E-state index in [2.05, 4.69) is 26.8 Å². The second kappa shape index (κ2) is 8.91. The van der Waals surface area contributed by atoms with Crippen LogP contribution in [0.5, 0.6) is 11.5 Å². The monoisotopic (exact) mass is 365 g/mol. The average molecular weight is 365 g/mol. The van der Waals surface area contributed by atoms with Gasteiger partial charge in [-0.05, 0) is 40.8 Å². The molecule has 0 bridgehead atoms. The van der Waals surface area contributed by atoms with Crippen molar-refractivity contribution in [2.24, 2.45) is 0 Å². The van der Waals surface area contributed by atoms with Crippen molar-refractivity contribution in [3.63, 3.8) is 0 Å². The Hall–Kier alpha value is -3.26. The molecule has 0 saturated heterocycles. The highest BCUT2D eigenvalue weighted by atomic mass is 16.5. The quantitative estimate of drug-likeness (QED) is 0.446. The summed E-state index contributed by atoms with van der Waals surface area (Å²) in [6.45, 7) is 7.22. The first-order valence-electron chi connectivity index (χ1n) is 8.61. The van der Waals surface area contributed by atoms with E-state index in [1.165, 1.54) is 6.08 Å². The van der Waals surface area contributed by atoms with E-state index in [0.29, 0.717) is 24.5 Å². The fourth-order valence-electron chi connectivity index (χ4n) is 2.49. The molecule has 0 unspecified atom stereocenters. The van der Waals surface area contributed by atoms with Gasteiger partial charge in [0, 0.05) is 0 Å². The molecule has 0 aliphatic heterocycles.